The molecule has 3 rings (SSSR count). The van der Waals surface area contributed by atoms with E-state index in [1.54, 1.807) is 0 Å². The van der Waals surface area contributed by atoms with Crippen molar-refractivity contribution in [3.05, 3.63) is 0 Å². The quantitative estimate of drug-likeness (QED) is 0.829. The van der Waals surface area contributed by atoms with Gasteiger partial charge in [0.15, 0.2) is 0 Å². The van der Waals surface area contributed by atoms with Crippen molar-refractivity contribution >= 4 is 11.9 Å². The minimum absolute atomic E-state index is 0.0595. The van der Waals surface area contributed by atoms with Crippen LogP contribution in [0.25, 0.3) is 0 Å². The summed E-state index contributed by atoms with van der Waals surface area (Å²) < 4.78 is 5.55. The zero-order valence-corrected chi connectivity index (χ0v) is 11.8. The Kier molecular flexibility index (Phi) is 3.96. The van der Waals surface area contributed by atoms with Gasteiger partial charge < -0.3 is 14.7 Å². The van der Waals surface area contributed by atoms with Gasteiger partial charge in [-0.1, -0.05) is 0 Å². The number of hydrogen-bond donors (Lipinski definition) is 1. The topological polar surface area (TPSA) is 66.8 Å². The summed E-state index contributed by atoms with van der Waals surface area (Å²) in [5, 5.41) is 8.57. The molecule has 0 aromatic heterocycles. The zero-order chi connectivity index (χ0) is 14.1. The molecule has 1 heterocycles. The fourth-order valence-electron chi connectivity index (χ4n) is 3.73. The number of fused-ring (bicyclic) bond motifs is 1. The normalized spacial score (nSPS) is 33.0. The number of likely N-dealkylation sites (tertiary alicyclic amines) is 1. The molecule has 0 spiro atoms. The molecule has 0 aromatic rings. The molecule has 0 bridgehead atoms. The molecule has 3 aliphatic rings. The Morgan fingerprint density at radius 1 is 1.10 bits per heavy atom. The summed E-state index contributed by atoms with van der Waals surface area (Å²) in [6.07, 6.45) is 5.43. The monoisotopic (exact) mass is 281 g/mol. The SMILES string of the molecule is O=C(O)CCOC1CCN(C(=O)C2CC3CC3C2)CC1. The molecule has 1 aliphatic heterocycles. The Labute approximate surface area is 119 Å². The van der Waals surface area contributed by atoms with Crippen LogP contribution in [0.5, 0.6) is 0 Å². The van der Waals surface area contributed by atoms with Gasteiger partial charge in [0.1, 0.15) is 0 Å². The summed E-state index contributed by atoms with van der Waals surface area (Å²) in [4.78, 5) is 24.8. The average Bonchev–Trinajstić information content (AvgIpc) is 3.05. The molecule has 2 saturated carbocycles. The van der Waals surface area contributed by atoms with Gasteiger partial charge in [-0.3, -0.25) is 9.59 Å². The van der Waals surface area contributed by atoms with Gasteiger partial charge >= 0.3 is 5.97 Å². The van der Waals surface area contributed by atoms with Gasteiger partial charge in [0.2, 0.25) is 5.91 Å². The van der Waals surface area contributed by atoms with E-state index in [-0.39, 0.29) is 25.0 Å². The summed E-state index contributed by atoms with van der Waals surface area (Å²) in [7, 11) is 0. The standard InChI is InChI=1S/C15H23NO4/c17-14(18)3-6-20-13-1-4-16(5-2-13)15(19)12-8-10-7-11(10)9-12/h10-13H,1-9H2,(H,17,18). The van der Waals surface area contributed by atoms with Crippen molar-refractivity contribution in [3.8, 4) is 0 Å². The maximum atomic E-state index is 12.4. The predicted octanol–water partition coefficient (Wildman–Crippen LogP) is 1.51. The van der Waals surface area contributed by atoms with Crippen molar-refractivity contribution in [2.45, 2.75) is 44.6 Å². The molecule has 0 aromatic carbocycles. The summed E-state index contributed by atoms with van der Waals surface area (Å²) in [6, 6.07) is 0. The second-order valence-electron chi connectivity index (χ2n) is 6.46. The molecule has 1 saturated heterocycles. The van der Waals surface area contributed by atoms with Gasteiger partial charge in [-0.25, -0.2) is 0 Å². The lowest BCUT2D eigenvalue weighted by Gasteiger charge is -2.33. The van der Waals surface area contributed by atoms with Crippen LogP contribution in [0, 0.1) is 17.8 Å². The number of carboxylic acids is 1. The first-order valence-electron chi connectivity index (χ1n) is 7.75. The lowest BCUT2D eigenvalue weighted by Crippen LogP contribution is -2.43. The Bertz CT molecular complexity index is 379. The Morgan fingerprint density at radius 2 is 1.75 bits per heavy atom. The molecule has 5 nitrogen and oxygen atoms in total. The van der Waals surface area contributed by atoms with E-state index in [2.05, 4.69) is 0 Å². The van der Waals surface area contributed by atoms with E-state index < -0.39 is 5.97 Å². The number of amides is 1. The molecule has 1 N–H and O–H groups in total. The van der Waals surface area contributed by atoms with Gasteiger partial charge in [-0.15, -0.1) is 0 Å². The highest BCUT2D eigenvalue weighted by molar-refractivity contribution is 5.79. The number of rotatable bonds is 5. The van der Waals surface area contributed by atoms with Gasteiger partial charge in [0, 0.05) is 19.0 Å². The second-order valence-corrected chi connectivity index (χ2v) is 6.46. The first-order chi connectivity index (χ1) is 9.63. The summed E-state index contributed by atoms with van der Waals surface area (Å²) in [6.45, 7) is 1.81. The summed E-state index contributed by atoms with van der Waals surface area (Å²) in [5.74, 6) is 1.50. The van der Waals surface area contributed by atoms with E-state index in [1.165, 1.54) is 6.42 Å². The van der Waals surface area contributed by atoms with Crippen LogP contribution in [-0.4, -0.2) is 47.7 Å². The van der Waals surface area contributed by atoms with Crippen molar-refractivity contribution < 1.29 is 19.4 Å². The molecule has 112 valence electrons. The van der Waals surface area contributed by atoms with Crippen LogP contribution >= 0.6 is 0 Å². The number of piperidine rings is 1. The highest BCUT2D eigenvalue weighted by atomic mass is 16.5. The molecule has 20 heavy (non-hydrogen) atoms. The zero-order valence-electron chi connectivity index (χ0n) is 11.8. The van der Waals surface area contributed by atoms with Crippen molar-refractivity contribution in [2.75, 3.05) is 19.7 Å². The first kappa shape index (κ1) is 13.9. The van der Waals surface area contributed by atoms with Crippen LogP contribution in [0.4, 0.5) is 0 Å². The number of carbonyl (C=O) groups excluding carboxylic acids is 1. The maximum absolute atomic E-state index is 12.4. The van der Waals surface area contributed by atoms with Crippen LogP contribution in [0.3, 0.4) is 0 Å². The second kappa shape index (κ2) is 5.72. The number of carboxylic acid groups (broad SMARTS) is 1. The van der Waals surface area contributed by atoms with Crippen molar-refractivity contribution in [2.24, 2.45) is 17.8 Å². The fraction of sp³-hybridized carbons (Fsp3) is 0.867. The molecule has 2 unspecified atom stereocenters. The summed E-state index contributed by atoms with van der Waals surface area (Å²) in [5.41, 5.74) is 0. The molecular weight excluding hydrogens is 258 g/mol. The van der Waals surface area contributed by atoms with Crippen molar-refractivity contribution in [3.63, 3.8) is 0 Å². The van der Waals surface area contributed by atoms with E-state index in [1.807, 2.05) is 4.90 Å². The van der Waals surface area contributed by atoms with E-state index in [0.29, 0.717) is 5.91 Å². The molecule has 2 aliphatic carbocycles. The van der Waals surface area contributed by atoms with Crippen molar-refractivity contribution in [1.82, 2.24) is 4.90 Å². The Morgan fingerprint density at radius 3 is 2.35 bits per heavy atom. The van der Waals surface area contributed by atoms with E-state index >= 15 is 0 Å². The maximum Gasteiger partial charge on any atom is 0.305 e. The number of hydrogen-bond acceptors (Lipinski definition) is 3. The first-order valence-corrected chi connectivity index (χ1v) is 7.75. The fourth-order valence-corrected chi connectivity index (χ4v) is 3.73. The van der Waals surface area contributed by atoms with Crippen molar-refractivity contribution in [1.29, 1.82) is 0 Å². The third-order valence-electron chi connectivity index (χ3n) is 5.02. The van der Waals surface area contributed by atoms with Crippen LogP contribution < -0.4 is 0 Å². The minimum atomic E-state index is -0.822. The van der Waals surface area contributed by atoms with Gasteiger partial charge in [0.05, 0.1) is 19.1 Å². The highest BCUT2D eigenvalue weighted by Crippen LogP contribution is 2.54. The van der Waals surface area contributed by atoms with E-state index in [0.717, 1.165) is 50.6 Å². The molecule has 0 radical (unpaired) electrons. The molecule has 3 fully saturated rings. The number of carbonyl (C=O) groups is 2. The lowest BCUT2D eigenvalue weighted by molar-refractivity contribution is -0.139. The van der Waals surface area contributed by atoms with Crippen LogP contribution in [0.1, 0.15) is 38.5 Å². The largest absolute Gasteiger partial charge is 0.481 e. The Balaban J connectivity index is 1.37. The van der Waals surface area contributed by atoms with E-state index in [9.17, 15) is 9.59 Å². The molecule has 5 heteroatoms. The number of aliphatic carboxylic acids is 1. The molecule has 1 amide bonds. The Hall–Kier alpha value is -1.10. The molecule has 2 atom stereocenters. The number of nitrogens with zero attached hydrogens (tertiary/aromatic N) is 1. The highest BCUT2D eigenvalue weighted by Gasteiger charge is 2.48. The minimum Gasteiger partial charge on any atom is -0.481 e. The average molecular weight is 281 g/mol. The van der Waals surface area contributed by atoms with Gasteiger partial charge in [-0.05, 0) is 43.9 Å². The summed E-state index contributed by atoms with van der Waals surface area (Å²) >= 11 is 0. The molecular formula is C15H23NO4. The van der Waals surface area contributed by atoms with Crippen LogP contribution in [0.15, 0.2) is 0 Å². The third-order valence-corrected chi connectivity index (χ3v) is 5.02. The number of ether oxygens (including phenoxy) is 1. The predicted molar refractivity (Wildman–Crippen MR) is 72.1 cm³/mol. The van der Waals surface area contributed by atoms with Gasteiger partial charge in [-0.2, -0.15) is 0 Å². The van der Waals surface area contributed by atoms with Gasteiger partial charge in [0.25, 0.3) is 0 Å². The smallest absolute Gasteiger partial charge is 0.305 e. The van der Waals surface area contributed by atoms with Crippen LogP contribution in [0.2, 0.25) is 0 Å². The lowest BCUT2D eigenvalue weighted by atomic mass is 9.99. The van der Waals surface area contributed by atoms with Crippen LogP contribution in [-0.2, 0) is 14.3 Å². The third kappa shape index (κ3) is 3.14. The van der Waals surface area contributed by atoms with E-state index in [4.69, 9.17) is 9.84 Å².